The summed E-state index contributed by atoms with van der Waals surface area (Å²) < 4.78 is 12.5. The van der Waals surface area contributed by atoms with Crippen LogP contribution in [-0.4, -0.2) is 18.0 Å². The third-order valence-corrected chi connectivity index (χ3v) is 7.62. The predicted octanol–water partition coefficient (Wildman–Crippen LogP) is 3.99. The van der Waals surface area contributed by atoms with Crippen LogP contribution in [0.15, 0.2) is 0 Å². The molecule has 3 saturated carbocycles. The van der Waals surface area contributed by atoms with Gasteiger partial charge < -0.3 is 9.47 Å². The smallest absolute Gasteiger partial charge is 0.156 e. The molecule has 2 nitrogen and oxygen atoms in total. The number of hydrogen-bond acceptors (Lipinski definition) is 2. The van der Waals surface area contributed by atoms with E-state index in [0.29, 0.717) is 22.9 Å². The zero-order valence-corrected chi connectivity index (χ0v) is 13.0. The van der Waals surface area contributed by atoms with Gasteiger partial charge in [-0.05, 0) is 68.1 Å². The summed E-state index contributed by atoms with van der Waals surface area (Å²) in [4.78, 5) is 0. The number of rotatable bonds is 0. The molecule has 0 amide bonds. The molecule has 3 unspecified atom stereocenters. The van der Waals surface area contributed by atoms with Crippen LogP contribution in [0, 0.1) is 28.6 Å². The van der Waals surface area contributed by atoms with Crippen LogP contribution in [-0.2, 0) is 9.47 Å². The van der Waals surface area contributed by atoms with E-state index in [0.717, 1.165) is 11.8 Å². The van der Waals surface area contributed by atoms with Gasteiger partial charge in [0.2, 0.25) is 0 Å². The fraction of sp³-hybridized carbons (Fsp3) is 1.00. The molecule has 0 aromatic rings. The molecule has 0 radical (unpaired) electrons. The molecule has 2 bridgehead atoms. The van der Waals surface area contributed by atoms with Crippen LogP contribution in [0.3, 0.4) is 0 Å². The Labute approximate surface area is 117 Å². The Morgan fingerprint density at radius 3 is 2.42 bits per heavy atom. The van der Waals surface area contributed by atoms with Crippen LogP contribution < -0.4 is 0 Å². The highest BCUT2D eigenvalue weighted by molar-refractivity contribution is 5.21. The molecular formula is C17H28O2. The van der Waals surface area contributed by atoms with Gasteiger partial charge in [0.1, 0.15) is 0 Å². The molecule has 108 valence electrons. The molecular weight excluding hydrogens is 236 g/mol. The van der Waals surface area contributed by atoms with E-state index in [1.165, 1.54) is 25.7 Å². The Morgan fingerprint density at radius 2 is 1.68 bits per heavy atom. The van der Waals surface area contributed by atoms with Crippen LogP contribution >= 0.6 is 0 Å². The molecule has 19 heavy (non-hydrogen) atoms. The van der Waals surface area contributed by atoms with Crippen LogP contribution in [0.1, 0.15) is 60.3 Å². The molecule has 3 aliphatic carbocycles. The van der Waals surface area contributed by atoms with Crippen molar-refractivity contribution in [2.24, 2.45) is 28.6 Å². The molecule has 1 spiro atoms. The van der Waals surface area contributed by atoms with Gasteiger partial charge in [0.05, 0.1) is 11.7 Å². The summed E-state index contributed by atoms with van der Waals surface area (Å²) in [6, 6.07) is 0. The lowest BCUT2D eigenvalue weighted by Crippen LogP contribution is -2.52. The first kappa shape index (κ1) is 12.6. The van der Waals surface area contributed by atoms with E-state index < -0.39 is 0 Å². The molecule has 0 N–H and O–H groups in total. The van der Waals surface area contributed by atoms with Crippen molar-refractivity contribution < 1.29 is 9.47 Å². The van der Waals surface area contributed by atoms with E-state index in [1.807, 2.05) is 0 Å². The summed E-state index contributed by atoms with van der Waals surface area (Å²) in [5, 5.41) is 0. The summed E-state index contributed by atoms with van der Waals surface area (Å²) in [6.45, 7) is 11.9. The average molecular weight is 264 g/mol. The second kappa shape index (κ2) is 3.39. The zero-order chi connectivity index (χ0) is 13.6. The Kier molecular flexibility index (Phi) is 2.25. The Balaban J connectivity index is 1.83. The zero-order valence-electron chi connectivity index (χ0n) is 13.0. The monoisotopic (exact) mass is 264 g/mol. The molecule has 7 atom stereocenters. The Morgan fingerprint density at radius 1 is 0.947 bits per heavy atom. The van der Waals surface area contributed by atoms with Crippen molar-refractivity contribution in [3.05, 3.63) is 0 Å². The molecule has 0 aromatic heterocycles. The quantitative estimate of drug-likeness (QED) is 0.658. The van der Waals surface area contributed by atoms with E-state index in [9.17, 15) is 0 Å². The van der Waals surface area contributed by atoms with Crippen LogP contribution in [0.25, 0.3) is 0 Å². The molecule has 0 aromatic carbocycles. The standard InChI is InChI=1S/C17H28O2/c1-10-6-7-12-15(3,4)13-8-17(10,12)9-14-16(13,5)19-11(2)18-14/h10-14H,6-9H2,1-5H3/t10-,11?,12+,13-,14?,16?,17-/m1/s1. The molecule has 1 heterocycles. The largest absolute Gasteiger partial charge is 0.347 e. The van der Waals surface area contributed by atoms with E-state index in [-0.39, 0.29) is 11.9 Å². The van der Waals surface area contributed by atoms with Gasteiger partial charge in [-0.25, -0.2) is 0 Å². The van der Waals surface area contributed by atoms with E-state index in [4.69, 9.17) is 9.47 Å². The molecule has 1 saturated heterocycles. The van der Waals surface area contributed by atoms with Crippen molar-refractivity contribution in [1.29, 1.82) is 0 Å². The fourth-order valence-electron chi connectivity index (χ4n) is 6.78. The third kappa shape index (κ3) is 1.26. The molecule has 4 fully saturated rings. The normalized spacial score (nSPS) is 62.1. The van der Waals surface area contributed by atoms with Crippen LogP contribution in [0.2, 0.25) is 0 Å². The first-order chi connectivity index (χ1) is 8.81. The van der Waals surface area contributed by atoms with Crippen molar-refractivity contribution in [3.8, 4) is 0 Å². The van der Waals surface area contributed by atoms with Gasteiger partial charge in [-0.3, -0.25) is 0 Å². The van der Waals surface area contributed by atoms with E-state index >= 15 is 0 Å². The molecule has 1 aliphatic heterocycles. The summed E-state index contributed by atoms with van der Waals surface area (Å²) in [5.41, 5.74) is 0.908. The molecule has 2 heteroatoms. The van der Waals surface area contributed by atoms with Gasteiger partial charge in [-0.1, -0.05) is 20.8 Å². The lowest BCUT2D eigenvalue weighted by atomic mass is 9.63. The summed E-state index contributed by atoms with van der Waals surface area (Å²) in [6.07, 6.45) is 5.75. The van der Waals surface area contributed by atoms with Crippen molar-refractivity contribution >= 4 is 0 Å². The van der Waals surface area contributed by atoms with Crippen molar-refractivity contribution in [2.75, 3.05) is 0 Å². The van der Waals surface area contributed by atoms with Gasteiger partial charge in [0.15, 0.2) is 6.29 Å². The maximum atomic E-state index is 6.29. The van der Waals surface area contributed by atoms with Crippen molar-refractivity contribution in [2.45, 2.75) is 78.3 Å². The fourth-order valence-corrected chi connectivity index (χ4v) is 6.78. The highest BCUT2D eigenvalue weighted by Crippen LogP contribution is 2.74. The molecule has 4 rings (SSSR count). The Bertz CT molecular complexity index is 417. The summed E-state index contributed by atoms with van der Waals surface area (Å²) in [7, 11) is 0. The van der Waals surface area contributed by atoms with Crippen molar-refractivity contribution in [3.63, 3.8) is 0 Å². The topological polar surface area (TPSA) is 18.5 Å². The summed E-state index contributed by atoms with van der Waals surface area (Å²) in [5.74, 6) is 2.41. The lowest BCUT2D eigenvalue weighted by Gasteiger charge is -2.47. The third-order valence-electron chi connectivity index (χ3n) is 7.62. The minimum absolute atomic E-state index is 0.0169. The van der Waals surface area contributed by atoms with E-state index in [2.05, 4.69) is 34.6 Å². The first-order valence-electron chi connectivity index (χ1n) is 8.14. The SMILES string of the molecule is CC1OC2C[C@@]34C[C@@H](C2(C)O1)C(C)(C)[C@@H]3CC[C@H]4C. The van der Waals surface area contributed by atoms with E-state index in [1.54, 1.807) is 0 Å². The maximum absolute atomic E-state index is 6.29. The number of fused-ring (bicyclic) bond motifs is 3. The Hall–Kier alpha value is -0.0800. The van der Waals surface area contributed by atoms with Crippen LogP contribution in [0.5, 0.6) is 0 Å². The van der Waals surface area contributed by atoms with Gasteiger partial charge in [-0.15, -0.1) is 0 Å². The van der Waals surface area contributed by atoms with Gasteiger partial charge in [0.25, 0.3) is 0 Å². The summed E-state index contributed by atoms with van der Waals surface area (Å²) >= 11 is 0. The highest BCUT2D eigenvalue weighted by Gasteiger charge is 2.72. The number of hydrogen-bond donors (Lipinski definition) is 0. The first-order valence-corrected chi connectivity index (χ1v) is 8.14. The predicted molar refractivity (Wildman–Crippen MR) is 74.7 cm³/mol. The van der Waals surface area contributed by atoms with Crippen molar-refractivity contribution in [1.82, 2.24) is 0 Å². The lowest BCUT2D eigenvalue weighted by molar-refractivity contribution is -0.113. The van der Waals surface area contributed by atoms with Crippen LogP contribution in [0.4, 0.5) is 0 Å². The molecule has 4 aliphatic rings. The van der Waals surface area contributed by atoms with Gasteiger partial charge in [0, 0.05) is 0 Å². The second-order valence-corrected chi connectivity index (χ2v) is 8.54. The van der Waals surface area contributed by atoms with Gasteiger partial charge >= 0.3 is 0 Å². The minimum atomic E-state index is -0.0434. The van der Waals surface area contributed by atoms with Gasteiger partial charge in [-0.2, -0.15) is 0 Å². The number of ether oxygens (including phenoxy) is 2. The minimum Gasteiger partial charge on any atom is -0.347 e. The highest BCUT2D eigenvalue weighted by atomic mass is 16.7. The maximum Gasteiger partial charge on any atom is 0.156 e. The second-order valence-electron chi connectivity index (χ2n) is 8.54. The average Bonchev–Trinajstić information content (AvgIpc) is 2.83.